The normalized spacial score (nSPS) is 10.9. The molecule has 0 bridgehead atoms. The van der Waals surface area contributed by atoms with Crippen LogP contribution in [0, 0.1) is 18.3 Å². The van der Waals surface area contributed by atoms with Crippen LogP contribution in [0.5, 0.6) is 0 Å². The van der Waals surface area contributed by atoms with Gasteiger partial charge in [-0.1, -0.05) is 18.2 Å². The number of carbonyl (C=O) groups excluding carboxylic acids is 1. The number of para-hydroxylation sites is 1. The Hall–Kier alpha value is -3.93. The molecule has 3 rings (SSSR count). The van der Waals surface area contributed by atoms with Gasteiger partial charge in [0.15, 0.2) is 0 Å². The number of nitrogens with zero attached hydrogens (tertiary/aromatic N) is 3. The lowest BCUT2D eigenvalue weighted by molar-refractivity contribution is -0.136. The fourth-order valence-corrected chi connectivity index (χ4v) is 2.56. The van der Waals surface area contributed by atoms with Crippen LogP contribution in [0.4, 0.5) is 30.5 Å². The van der Waals surface area contributed by atoms with Crippen LogP contribution in [0.2, 0.25) is 0 Å². The maximum Gasteiger partial charge on any atom is 0.418 e. The molecule has 0 saturated heterocycles. The standard InChI is InChI=1S/C20H14F3N5O/c1-12-9-17(18(29)27-16-8-3-2-7-15(16)20(21,22)23)28-19(25-12)26-14-6-4-5-13(10-14)11-24/h2-10H,1H3,(H,27,29)(H,25,26,28). The molecule has 3 aromatic rings. The summed E-state index contributed by atoms with van der Waals surface area (Å²) in [7, 11) is 0. The van der Waals surface area contributed by atoms with Gasteiger partial charge >= 0.3 is 6.18 Å². The number of alkyl halides is 3. The zero-order valence-electron chi connectivity index (χ0n) is 15.1. The minimum atomic E-state index is -4.61. The maximum atomic E-state index is 13.1. The summed E-state index contributed by atoms with van der Waals surface area (Å²) >= 11 is 0. The number of hydrogen-bond donors (Lipinski definition) is 2. The number of hydrogen-bond acceptors (Lipinski definition) is 5. The molecule has 1 amide bonds. The van der Waals surface area contributed by atoms with E-state index in [-0.39, 0.29) is 17.3 Å². The van der Waals surface area contributed by atoms with Gasteiger partial charge in [-0.2, -0.15) is 18.4 Å². The van der Waals surface area contributed by atoms with E-state index in [0.29, 0.717) is 16.9 Å². The van der Waals surface area contributed by atoms with Crippen LogP contribution in [0.1, 0.15) is 27.3 Å². The summed E-state index contributed by atoms with van der Waals surface area (Å²) in [5, 5.41) is 14.1. The van der Waals surface area contributed by atoms with Crippen molar-refractivity contribution < 1.29 is 18.0 Å². The lowest BCUT2D eigenvalue weighted by atomic mass is 10.1. The quantitative estimate of drug-likeness (QED) is 0.668. The van der Waals surface area contributed by atoms with Crippen molar-refractivity contribution >= 4 is 23.2 Å². The molecule has 6 nitrogen and oxygen atoms in total. The van der Waals surface area contributed by atoms with E-state index in [1.54, 1.807) is 31.2 Å². The fourth-order valence-electron chi connectivity index (χ4n) is 2.56. The number of nitrogens with one attached hydrogen (secondary N) is 2. The average Bonchev–Trinajstić information content (AvgIpc) is 2.67. The van der Waals surface area contributed by atoms with Crippen molar-refractivity contribution in [3.05, 3.63) is 77.1 Å². The second-order valence-corrected chi connectivity index (χ2v) is 6.03. The first-order valence-electron chi connectivity index (χ1n) is 8.37. The minimum Gasteiger partial charge on any atom is -0.324 e. The van der Waals surface area contributed by atoms with Crippen LogP contribution in [0.25, 0.3) is 0 Å². The number of carbonyl (C=O) groups is 1. The molecule has 0 aliphatic carbocycles. The van der Waals surface area contributed by atoms with E-state index < -0.39 is 17.6 Å². The van der Waals surface area contributed by atoms with Crippen molar-refractivity contribution in [2.45, 2.75) is 13.1 Å². The molecule has 0 unspecified atom stereocenters. The third-order valence-corrected chi connectivity index (χ3v) is 3.82. The Morgan fingerprint density at radius 3 is 2.55 bits per heavy atom. The third-order valence-electron chi connectivity index (χ3n) is 3.82. The molecule has 2 aromatic carbocycles. The average molecular weight is 397 g/mol. The molecule has 9 heteroatoms. The number of amides is 1. The summed E-state index contributed by atoms with van der Waals surface area (Å²) in [6, 6.07) is 14.6. The zero-order chi connectivity index (χ0) is 21.0. The smallest absolute Gasteiger partial charge is 0.324 e. The SMILES string of the molecule is Cc1cc(C(=O)Nc2ccccc2C(F)(F)F)nc(Nc2cccc(C#N)c2)n1. The molecule has 1 heterocycles. The van der Waals surface area contributed by atoms with Crippen molar-refractivity contribution in [3.63, 3.8) is 0 Å². The first kappa shape index (κ1) is 19.8. The number of halogens is 3. The molecule has 1 aromatic heterocycles. The summed E-state index contributed by atoms with van der Waals surface area (Å²) in [5.41, 5.74) is -0.0299. The van der Waals surface area contributed by atoms with Gasteiger partial charge in [-0.3, -0.25) is 4.79 Å². The van der Waals surface area contributed by atoms with Gasteiger partial charge in [-0.15, -0.1) is 0 Å². The van der Waals surface area contributed by atoms with Crippen molar-refractivity contribution in [3.8, 4) is 6.07 Å². The van der Waals surface area contributed by atoms with Gasteiger partial charge in [0.05, 0.1) is 22.9 Å². The number of anilines is 3. The lowest BCUT2D eigenvalue weighted by Crippen LogP contribution is -2.18. The predicted octanol–water partition coefficient (Wildman–Crippen LogP) is 4.67. The van der Waals surface area contributed by atoms with E-state index in [0.717, 1.165) is 6.07 Å². The van der Waals surface area contributed by atoms with Gasteiger partial charge in [-0.05, 0) is 43.3 Å². The van der Waals surface area contributed by atoms with Crippen LogP contribution in [-0.2, 0) is 6.18 Å². The molecule has 0 spiro atoms. The Bertz CT molecular complexity index is 1110. The van der Waals surface area contributed by atoms with Crippen LogP contribution >= 0.6 is 0 Å². The van der Waals surface area contributed by atoms with Gasteiger partial charge in [0.1, 0.15) is 5.69 Å². The summed E-state index contributed by atoms with van der Waals surface area (Å²) in [4.78, 5) is 20.8. The number of nitriles is 1. The molecule has 0 fully saturated rings. The Kier molecular flexibility index (Phi) is 5.45. The molecule has 0 atom stereocenters. The first-order valence-corrected chi connectivity index (χ1v) is 8.37. The van der Waals surface area contributed by atoms with E-state index in [1.807, 2.05) is 6.07 Å². The molecule has 0 saturated carbocycles. The highest BCUT2D eigenvalue weighted by Gasteiger charge is 2.33. The third kappa shape index (κ3) is 4.87. The molecule has 146 valence electrons. The molecule has 29 heavy (non-hydrogen) atoms. The van der Waals surface area contributed by atoms with E-state index in [1.165, 1.54) is 24.3 Å². The Labute approximate surface area is 164 Å². The van der Waals surface area contributed by atoms with Crippen molar-refractivity contribution in [1.82, 2.24) is 9.97 Å². The fraction of sp³-hybridized carbons (Fsp3) is 0.100. The van der Waals surface area contributed by atoms with Crippen molar-refractivity contribution in [2.75, 3.05) is 10.6 Å². The number of aryl methyl sites for hydroxylation is 1. The topological polar surface area (TPSA) is 90.7 Å². The highest BCUT2D eigenvalue weighted by atomic mass is 19.4. The van der Waals surface area contributed by atoms with E-state index in [9.17, 15) is 18.0 Å². The molecule has 0 aliphatic rings. The van der Waals surface area contributed by atoms with Crippen molar-refractivity contribution in [2.24, 2.45) is 0 Å². The largest absolute Gasteiger partial charge is 0.418 e. The second kappa shape index (κ2) is 7.98. The molecular weight excluding hydrogens is 383 g/mol. The van der Waals surface area contributed by atoms with E-state index in [2.05, 4.69) is 20.6 Å². The van der Waals surface area contributed by atoms with Gasteiger partial charge < -0.3 is 10.6 Å². The Morgan fingerprint density at radius 2 is 1.83 bits per heavy atom. The van der Waals surface area contributed by atoms with Crippen molar-refractivity contribution in [1.29, 1.82) is 5.26 Å². The molecular formula is C20H14F3N5O. The number of rotatable bonds is 4. The van der Waals surface area contributed by atoms with E-state index in [4.69, 9.17) is 5.26 Å². The monoisotopic (exact) mass is 397 g/mol. The van der Waals surface area contributed by atoms with Gasteiger partial charge in [-0.25, -0.2) is 9.97 Å². The maximum absolute atomic E-state index is 13.1. The Balaban J connectivity index is 1.86. The van der Waals surface area contributed by atoms with Crippen LogP contribution in [-0.4, -0.2) is 15.9 Å². The number of aromatic nitrogens is 2. The predicted molar refractivity (Wildman–Crippen MR) is 101 cm³/mol. The minimum absolute atomic E-state index is 0.0781. The molecule has 0 aliphatic heterocycles. The number of benzene rings is 2. The summed E-state index contributed by atoms with van der Waals surface area (Å²) < 4.78 is 39.4. The lowest BCUT2D eigenvalue weighted by Gasteiger charge is -2.14. The summed E-state index contributed by atoms with van der Waals surface area (Å²) in [6.07, 6.45) is -4.61. The second-order valence-electron chi connectivity index (χ2n) is 6.03. The van der Waals surface area contributed by atoms with Gasteiger partial charge in [0.2, 0.25) is 5.95 Å². The summed E-state index contributed by atoms with van der Waals surface area (Å²) in [5.74, 6) is -0.727. The van der Waals surface area contributed by atoms with Crippen LogP contribution in [0.15, 0.2) is 54.6 Å². The molecule has 0 radical (unpaired) electrons. The Morgan fingerprint density at radius 1 is 1.07 bits per heavy atom. The highest BCUT2D eigenvalue weighted by Crippen LogP contribution is 2.34. The van der Waals surface area contributed by atoms with E-state index >= 15 is 0 Å². The summed E-state index contributed by atoms with van der Waals surface area (Å²) in [6.45, 7) is 1.62. The van der Waals surface area contributed by atoms with Gasteiger partial charge in [0.25, 0.3) is 5.91 Å². The van der Waals surface area contributed by atoms with Crippen LogP contribution < -0.4 is 10.6 Å². The van der Waals surface area contributed by atoms with Gasteiger partial charge in [0, 0.05) is 11.4 Å². The van der Waals surface area contributed by atoms with Crippen LogP contribution in [0.3, 0.4) is 0 Å². The zero-order valence-corrected chi connectivity index (χ0v) is 15.1. The first-order chi connectivity index (χ1) is 13.8. The molecule has 2 N–H and O–H groups in total. The highest BCUT2D eigenvalue weighted by molar-refractivity contribution is 6.03.